The molecule has 0 aliphatic heterocycles. The number of hydrogen-bond donors (Lipinski definition) is 1. The summed E-state index contributed by atoms with van der Waals surface area (Å²) in [6.45, 7) is -0.828. The third kappa shape index (κ3) is 2.88. The van der Waals surface area contributed by atoms with Gasteiger partial charge >= 0.3 is 0 Å². The lowest BCUT2D eigenvalue weighted by Gasteiger charge is -1.97. The highest BCUT2D eigenvalue weighted by Crippen LogP contribution is 2.28. The van der Waals surface area contributed by atoms with Gasteiger partial charge in [-0.3, -0.25) is 0 Å². The molecule has 0 saturated carbocycles. The molecule has 1 aromatic rings. The van der Waals surface area contributed by atoms with E-state index < -0.39 is 15.8 Å². The number of aliphatic hydroxyl groups excluding tert-OH is 1. The second kappa shape index (κ2) is 4.44. The smallest absolute Gasteiger partial charge is 0.299 e. The molecule has 0 radical (unpaired) electrons. The zero-order valence-electron chi connectivity index (χ0n) is 7.22. The Hall–Kier alpha value is -0.690. The summed E-state index contributed by atoms with van der Waals surface area (Å²) < 4.78 is 22.0. The Morgan fingerprint density at radius 1 is 1.40 bits per heavy atom. The van der Waals surface area contributed by atoms with Gasteiger partial charge in [0.05, 0.1) is 9.66 Å². The minimum Gasteiger partial charge on any atom is -0.336 e. The summed E-state index contributed by atoms with van der Waals surface area (Å²) in [6.07, 6.45) is 0. The van der Waals surface area contributed by atoms with Crippen molar-refractivity contribution >= 4 is 37.0 Å². The van der Waals surface area contributed by atoms with Gasteiger partial charge in [-0.1, -0.05) is 11.6 Å². The van der Waals surface area contributed by atoms with Crippen molar-refractivity contribution in [1.82, 2.24) is 0 Å². The summed E-state index contributed by atoms with van der Waals surface area (Å²) in [7, 11) is 1.16. The van der Waals surface area contributed by atoms with Crippen LogP contribution in [0.15, 0.2) is 23.1 Å². The third-order valence-corrected chi connectivity index (χ3v) is 3.27. The molecule has 0 heterocycles. The van der Waals surface area contributed by atoms with Crippen molar-refractivity contribution in [3.8, 4) is 0 Å². The highest BCUT2D eigenvalue weighted by atomic mass is 35.7. The zero-order chi connectivity index (χ0) is 11.6. The molecule has 0 aromatic heterocycles. The lowest BCUT2D eigenvalue weighted by molar-refractivity contribution is -0.505. The standard InChI is InChI=1S/C7H6Cl2NO4S/c8-6-2-1-5(15(9,13)14)3-7(6)10(12)4-11/h1-3,11H,4H2/q+1. The van der Waals surface area contributed by atoms with Crippen LogP contribution < -0.4 is 0 Å². The topological polar surface area (TPSA) is 74.5 Å². The van der Waals surface area contributed by atoms with Gasteiger partial charge in [-0.2, -0.15) is 0 Å². The van der Waals surface area contributed by atoms with Crippen LogP contribution in [0.1, 0.15) is 0 Å². The Morgan fingerprint density at radius 2 is 2.00 bits per heavy atom. The van der Waals surface area contributed by atoms with Crippen molar-refractivity contribution in [2.45, 2.75) is 4.90 Å². The first-order valence-electron chi connectivity index (χ1n) is 3.66. The van der Waals surface area contributed by atoms with E-state index in [1.165, 1.54) is 12.1 Å². The fourth-order valence-corrected chi connectivity index (χ4v) is 1.89. The fourth-order valence-electron chi connectivity index (χ4n) is 0.911. The predicted molar refractivity (Wildman–Crippen MR) is 54.9 cm³/mol. The molecular formula is C7H6Cl2NO4S+. The fraction of sp³-hybridized carbons (Fsp3) is 0.143. The van der Waals surface area contributed by atoms with Gasteiger partial charge in [-0.25, -0.2) is 8.42 Å². The number of nitroso groups, excluding NO2 is 1. The first kappa shape index (κ1) is 12.4. The molecule has 0 atom stereocenters. The quantitative estimate of drug-likeness (QED) is 0.515. The van der Waals surface area contributed by atoms with E-state index in [-0.39, 0.29) is 20.4 Å². The van der Waals surface area contributed by atoms with Gasteiger partial charge in [-0.05, 0) is 12.1 Å². The summed E-state index contributed by atoms with van der Waals surface area (Å²) >= 11 is 5.63. The van der Waals surface area contributed by atoms with Crippen molar-refractivity contribution in [2.24, 2.45) is 0 Å². The molecule has 0 bridgehead atoms. The molecule has 1 aromatic carbocycles. The average Bonchev–Trinajstić information content (AvgIpc) is 2.15. The summed E-state index contributed by atoms with van der Waals surface area (Å²) in [5, 5.41) is 8.61. The van der Waals surface area contributed by atoms with Gasteiger partial charge in [-0.15, -0.1) is 0 Å². The molecule has 1 N–H and O–H groups in total. The van der Waals surface area contributed by atoms with Crippen LogP contribution in [0.3, 0.4) is 0 Å². The summed E-state index contributed by atoms with van der Waals surface area (Å²) in [6, 6.07) is 3.37. The molecule has 15 heavy (non-hydrogen) atoms. The molecule has 1 rings (SSSR count). The molecule has 0 aliphatic rings. The van der Waals surface area contributed by atoms with Crippen molar-refractivity contribution in [1.29, 1.82) is 0 Å². The van der Waals surface area contributed by atoms with E-state index in [1.54, 1.807) is 0 Å². The van der Waals surface area contributed by atoms with Crippen LogP contribution in [0.4, 0.5) is 5.69 Å². The maximum Gasteiger partial charge on any atom is 0.299 e. The van der Waals surface area contributed by atoms with E-state index in [0.717, 1.165) is 6.07 Å². The zero-order valence-corrected chi connectivity index (χ0v) is 9.55. The minimum absolute atomic E-state index is 0.0307. The number of nitrogens with zero attached hydrogens (tertiary/aromatic N) is 1. The Labute approximate surface area is 95.2 Å². The number of rotatable bonds is 3. The number of hydrogen-bond acceptors (Lipinski definition) is 4. The monoisotopic (exact) mass is 270 g/mol. The Balaban J connectivity index is 3.36. The molecule has 0 fully saturated rings. The van der Waals surface area contributed by atoms with E-state index in [4.69, 9.17) is 27.4 Å². The second-order valence-electron chi connectivity index (χ2n) is 2.57. The van der Waals surface area contributed by atoms with Crippen molar-refractivity contribution in [2.75, 3.05) is 6.73 Å². The van der Waals surface area contributed by atoms with E-state index in [1.807, 2.05) is 0 Å². The molecule has 82 valence electrons. The Kier molecular flexibility index (Phi) is 3.67. The Bertz CT molecular complexity index is 500. The van der Waals surface area contributed by atoms with E-state index in [2.05, 4.69) is 0 Å². The molecule has 0 aliphatic carbocycles. The number of benzene rings is 1. The minimum atomic E-state index is -3.92. The van der Waals surface area contributed by atoms with E-state index >= 15 is 0 Å². The molecule has 8 heteroatoms. The van der Waals surface area contributed by atoms with E-state index in [0.29, 0.717) is 0 Å². The van der Waals surface area contributed by atoms with Gasteiger partial charge in [0, 0.05) is 21.7 Å². The van der Waals surface area contributed by atoms with Gasteiger partial charge in [0.15, 0.2) is 0 Å². The van der Waals surface area contributed by atoms with E-state index in [9.17, 15) is 13.3 Å². The number of aliphatic hydroxyl groups is 1. The largest absolute Gasteiger partial charge is 0.336 e. The maximum absolute atomic E-state index is 11.1. The van der Waals surface area contributed by atoms with Gasteiger partial charge in [0.1, 0.15) is 5.02 Å². The van der Waals surface area contributed by atoms with Gasteiger partial charge in [0.2, 0.25) is 0 Å². The summed E-state index contributed by atoms with van der Waals surface area (Å²) in [5.74, 6) is 0. The van der Waals surface area contributed by atoms with Crippen LogP contribution in [0.2, 0.25) is 5.02 Å². The normalized spacial score (nSPS) is 11.4. The van der Waals surface area contributed by atoms with Gasteiger partial charge in [0.25, 0.3) is 21.5 Å². The molecule has 5 nitrogen and oxygen atoms in total. The molecule has 0 spiro atoms. The van der Waals surface area contributed by atoms with Crippen LogP contribution >= 0.6 is 22.3 Å². The van der Waals surface area contributed by atoms with Crippen LogP contribution in [-0.2, 0) is 9.05 Å². The third-order valence-electron chi connectivity index (χ3n) is 1.60. The number of halogens is 2. The molecular weight excluding hydrogens is 265 g/mol. The van der Waals surface area contributed by atoms with Crippen LogP contribution in [0, 0.1) is 4.91 Å². The first-order chi connectivity index (χ1) is 6.86. The highest BCUT2D eigenvalue weighted by molar-refractivity contribution is 8.13. The SMILES string of the molecule is O=[N+](CO)c1cc(S(=O)(=O)Cl)ccc1Cl. The van der Waals surface area contributed by atoms with Gasteiger partial charge < -0.3 is 5.11 Å². The summed E-state index contributed by atoms with van der Waals surface area (Å²) in [4.78, 5) is 10.8. The lowest BCUT2D eigenvalue weighted by Crippen LogP contribution is -2.03. The average molecular weight is 271 g/mol. The first-order valence-corrected chi connectivity index (χ1v) is 6.34. The van der Waals surface area contributed by atoms with Crippen LogP contribution in [-0.4, -0.2) is 25.0 Å². The van der Waals surface area contributed by atoms with Crippen LogP contribution in [0.25, 0.3) is 0 Å². The molecule has 0 saturated heterocycles. The highest BCUT2D eigenvalue weighted by Gasteiger charge is 2.21. The molecule has 0 amide bonds. The van der Waals surface area contributed by atoms with Crippen LogP contribution in [0.5, 0.6) is 0 Å². The predicted octanol–water partition coefficient (Wildman–Crippen LogP) is 1.63. The summed E-state index contributed by atoms with van der Waals surface area (Å²) in [5.41, 5.74) is -0.152. The van der Waals surface area contributed by atoms with Crippen molar-refractivity contribution in [3.05, 3.63) is 28.1 Å². The second-order valence-corrected chi connectivity index (χ2v) is 5.54. The lowest BCUT2D eigenvalue weighted by atomic mass is 10.3. The van der Waals surface area contributed by atoms with Crippen molar-refractivity contribution < 1.29 is 18.3 Å². The molecule has 0 unspecified atom stereocenters. The Morgan fingerprint density at radius 3 is 2.47 bits per heavy atom. The maximum atomic E-state index is 11.1. The van der Waals surface area contributed by atoms with Crippen molar-refractivity contribution in [3.63, 3.8) is 0 Å².